The van der Waals surface area contributed by atoms with Crippen LogP contribution in [0.5, 0.6) is 0 Å². The molecular formula is C8H12N2O3. The Labute approximate surface area is 75.8 Å². The van der Waals surface area contributed by atoms with Crippen LogP contribution in [-0.4, -0.2) is 23.1 Å². The molecule has 3 N–H and O–H groups in total. The lowest BCUT2D eigenvalue weighted by Gasteiger charge is -2.21. The molecule has 1 saturated heterocycles. The van der Waals surface area contributed by atoms with E-state index in [2.05, 4.69) is 10.6 Å². The van der Waals surface area contributed by atoms with Crippen molar-refractivity contribution in [2.24, 2.45) is 5.92 Å². The molecule has 0 aromatic rings. The molecule has 0 aromatic heterocycles. The zero-order chi connectivity index (χ0) is 10.0. The van der Waals surface area contributed by atoms with Crippen LogP contribution in [-0.2, 0) is 9.59 Å². The second-order valence-electron chi connectivity index (χ2n) is 3.19. The molecule has 1 fully saturated rings. The van der Waals surface area contributed by atoms with Gasteiger partial charge in [0, 0.05) is 0 Å². The number of aliphatic hydroxyl groups excluding tert-OH is 1. The van der Waals surface area contributed by atoms with Crippen molar-refractivity contribution < 1.29 is 14.7 Å². The molecule has 1 heterocycles. The van der Waals surface area contributed by atoms with Gasteiger partial charge in [-0.2, -0.15) is 0 Å². The number of hydrogen-bond donors (Lipinski definition) is 3. The molecule has 5 nitrogen and oxygen atoms in total. The summed E-state index contributed by atoms with van der Waals surface area (Å²) in [5.41, 5.74) is 0.199. The van der Waals surface area contributed by atoms with E-state index in [9.17, 15) is 9.59 Å². The first-order valence-electron chi connectivity index (χ1n) is 4.02. The highest BCUT2D eigenvalue weighted by molar-refractivity contribution is 6.03. The van der Waals surface area contributed by atoms with E-state index < -0.39 is 18.0 Å². The van der Waals surface area contributed by atoms with Gasteiger partial charge in [0.15, 0.2) is 0 Å². The van der Waals surface area contributed by atoms with E-state index in [0.717, 1.165) is 0 Å². The summed E-state index contributed by atoms with van der Waals surface area (Å²) in [5, 5.41) is 13.4. The van der Waals surface area contributed by atoms with E-state index in [0.29, 0.717) is 0 Å². The minimum absolute atomic E-state index is 0.163. The SMILES string of the molecule is CC(C)/C=C1/NC(=O)C(O)NC1=O. The minimum atomic E-state index is -1.43. The largest absolute Gasteiger partial charge is 0.365 e. The fourth-order valence-electron chi connectivity index (χ4n) is 0.976. The number of carbonyl (C=O) groups is 2. The molecule has 1 aliphatic rings. The Morgan fingerprint density at radius 2 is 2.08 bits per heavy atom. The van der Waals surface area contributed by atoms with Crippen LogP contribution >= 0.6 is 0 Å². The summed E-state index contributed by atoms with van der Waals surface area (Å²) in [6.07, 6.45) is 0.191. The van der Waals surface area contributed by atoms with Crippen LogP contribution in [0.15, 0.2) is 11.8 Å². The molecule has 0 aromatic carbocycles. The van der Waals surface area contributed by atoms with Gasteiger partial charge in [-0.15, -0.1) is 0 Å². The Hall–Kier alpha value is -1.36. The first kappa shape index (κ1) is 9.73. The van der Waals surface area contributed by atoms with Crippen LogP contribution in [0.3, 0.4) is 0 Å². The number of rotatable bonds is 1. The second-order valence-corrected chi connectivity index (χ2v) is 3.19. The molecule has 13 heavy (non-hydrogen) atoms. The Bertz CT molecular complexity index is 271. The molecule has 0 bridgehead atoms. The molecule has 72 valence electrons. The maximum Gasteiger partial charge on any atom is 0.274 e. The zero-order valence-electron chi connectivity index (χ0n) is 7.50. The van der Waals surface area contributed by atoms with Crippen molar-refractivity contribution in [3.8, 4) is 0 Å². The maximum atomic E-state index is 11.1. The van der Waals surface area contributed by atoms with Gasteiger partial charge < -0.3 is 15.7 Å². The highest BCUT2D eigenvalue weighted by Crippen LogP contribution is 2.03. The molecule has 1 atom stereocenters. The first-order valence-corrected chi connectivity index (χ1v) is 4.02. The van der Waals surface area contributed by atoms with Crippen molar-refractivity contribution in [2.45, 2.75) is 20.1 Å². The van der Waals surface area contributed by atoms with Gasteiger partial charge in [-0.1, -0.05) is 19.9 Å². The Kier molecular flexibility index (Phi) is 2.67. The summed E-state index contributed by atoms with van der Waals surface area (Å²) in [6, 6.07) is 0. The number of piperazine rings is 1. The summed E-state index contributed by atoms with van der Waals surface area (Å²) in [5.74, 6) is -0.899. The van der Waals surface area contributed by atoms with Crippen molar-refractivity contribution >= 4 is 11.8 Å². The smallest absolute Gasteiger partial charge is 0.274 e. The van der Waals surface area contributed by atoms with E-state index in [1.807, 2.05) is 13.8 Å². The monoisotopic (exact) mass is 184 g/mol. The summed E-state index contributed by atoms with van der Waals surface area (Å²) in [4.78, 5) is 22.0. The Morgan fingerprint density at radius 3 is 2.62 bits per heavy atom. The van der Waals surface area contributed by atoms with Crippen LogP contribution < -0.4 is 10.6 Å². The Morgan fingerprint density at radius 1 is 1.46 bits per heavy atom. The van der Waals surface area contributed by atoms with E-state index in [4.69, 9.17) is 5.11 Å². The lowest BCUT2D eigenvalue weighted by atomic mass is 10.1. The molecule has 1 rings (SSSR count). The van der Waals surface area contributed by atoms with Crippen molar-refractivity contribution in [3.63, 3.8) is 0 Å². The van der Waals surface area contributed by atoms with Gasteiger partial charge in [0.2, 0.25) is 6.23 Å². The van der Waals surface area contributed by atoms with Crippen LogP contribution in [0.2, 0.25) is 0 Å². The van der Waals surface area contributed by atoms with E-state index in [-0.39, 0.29) is 11.6 Å². The predicted octanol–water partition coefficient (Wildman–Crippen LogP) is -0.909. The highest BCUT2D eigenvalue weighted by atomic mass is 16.3. The third kappa shape index (κ3) is 2.29. The number of aliphatic hydroxyl groups is 1. The van der Waals surface area contributed by atoms with E-state index >= 15 is 0 Å². The third-order valence-corrected chi connectivity index (χ3v) is 1.52. The third-order valence-electron chi connectivity index (χ3n) is 1.52. The summed E-state index contributed by atoms with van der Waals surface area (Å²) in [7, 11) is 0. The highest BCUT2D eigenvalue weighted by Gasteiger charge is 2.27. The van der Waals surface area contributed by atoms with Gasteiger partial charge in [-0.05, 0) is 5.92 Å². The van der Waals surface area contributed by atoms with Crippen molar-refractivity contribution in [3.05, 3.63) is 11.8 Å². The van der Waals surface area contributed by atoms with Gasteiger partial charge in [0.05, 0.1) is 0 Å². The Balaban J connectivity index is 2.78. The molecule has 1 aliphatic heterocycles. The van der Waals surface area contributed by atoms with Crippen LogP contribution in [0.4, 0.5) is 0 Å². The first-order chi connectivity index (χ1) is 6.00. The number of hydrogen-bond acceptors (Lipinski definition) is 3. The van der Waals surface area contributed by atoms with Crippen LogP contribution in [0.25, 0.3) is 0 Å². The molecular weight excluding hydrogens is 172 g/mol. The molecule has 5 heteroatoms. The fourth-order valence-corrected chi connectivity index (χ4v) is 0.976. The molecule has 0 spiro atoms. The topological polar surface area (TPSA) is 78.4 Å². The van der Waals surface area contributed by atoms with Crippen LogP contribution in [0, 0.1) is 5.92 Å². The lowest BCUT2D eigenvalue weighted by Crippen LogP contribution is -2.54. The molecule has 0 saturated carbocycles. The van der Waals surface area contributed by atoms with Crippen molar-refractivity contribution in [1.29, 1.82) is 0 Å². The number of nitrogens with one attached hydrogen (secondary N) is 2. The van der Waals surface area contributed by atoms with E-state index in [1.165, 1.54) is 0 Å². The van der Waals surface area contributed by atoms with E-state index in [1.54, 1.807) is 6.08 Å². The molecule has 0 radical (unpaired) electrons. The van der Waals surface area contributed by atoms with Crippen molar-refractivity contribution in [1.82, 2.24) is 10.6 Å². The van der Waals surface area contributed by atoms with Gasteiger partial charge in [0.25, 0.3) is 11.8 Å². The normalized spacial score (nSPS) is 26.2. The number of carbonyl (C=O) groups excluding carboxylic acids is 2. The maximum absolute atomic E-state index is 11.1. The molecule has 2 amide bonds. The minimum Gasteiger partial charge on any atom is -0.365 e. The zero-order valence-corrected chi connectivity index (χ0v) is 7.50. The standard InChI is InChI=1S/C8H12N2O3/c1-4(2)3-5-6(11)10-8(13)7(12)9-5/h3-4,8,13H,1-2H3,(H,9,12)(H,10,11)/b5-3+. The number of allylic oxidation sites excluding steroid dienone is 1. The average molecular weight is 184 g/mol. The van der Waals surface area contributed by atoms with Gasteiger partial charge in [-0.25, -0.2) is 0 Å². The summed E-state index contributed by atoms with van der Waals surface area (Å²) >= 11 is 0. The summed E-state index contributed by atoms with van der Waals surface area (Å²) in [6.45, 7) is 3.77. The van der Waals surface area contributed by atoms with Crippen molar-refractivity contribution in [2.75, 3.05) is 0 Å². The van der Waals surface area contributed by atoms with Gasteiger partial charge in [-0.3, -0.25) is 9.59 Å². The fraction of sp³-hybridized carbons (Fsp3) is 0.500. The average Bonchev–Trinajstić information content (AvgIpc) is 1.99. The number of amides is 2. The van der Waals surface area contributed by atoms with Gasteiger partial charge >= 0.3 is 0 Å². The van der Waals surface area contributed by atoms with Crippen LogP contribution in [0.1, 0.15) is 13.8 Å². The summed E-state index contributed by atoms with van der Waals surface area (Å²) < 4.78 is 0. The molecule has 0 aliphatic carbocycles. The molecule has 1 unspecified atom stereocenters. The second kappa shape index (κ2) is 3.57. The lowest BCUT2D eigenvalue weighted by molar-refractivity contribution is -0.139. The quantitative estimate of drug-likeness (QED) is 0.462. The predicted molar refractivity (Wildman–Crippen MR) is 45.2 cm³/mol. The van der Waals surface area contributed by atoms with Gasteiger partial charge in [0.1, 0.15) is 5.70 Å².